The standard InChI is InChI=1S/C16H24N2O2/c1-8-4-12-11-6-9-7-18(13(11)5-8)15(12)16(20)10(9)2-3-14(17)19/h8-13,15H,2-7H2,1H3,(H2,17,19)/t8-,9-,10+,11-,12-,13+,15-/m1/s1. The summed E-state index contributed by atoms with van der Waals surface area (Å²) in [6.07, 6.45) is 4.77. The van der Waals surface area contributed by atoms with Crippen molar-refractivity contribution in [2.45, 2.75) is 51.1 Å². The second-order valence-corrected chi connectivity index (χ2v) is 7.62. The van der Waals surface area contributed by atoms with Gasteiger partial charge in [-0.3, -0.25) is 14.5 Å². The van der Waals surface area contributed by atoms with E-state index in [0.29, 0.717) is 36.5 Å². The molecule has 8 atom stereocenters. The predicted octanol–water partition coefficient (Wildman–Crippen LogP) is 1.19. The molecule has 1 amide bonds. The molecule has 2 N–H and O–H groups in total. The van der Waals surface area contributed by atoms with Crippen molar-refractivity contribution in [1.82, 2.24) is 4.90 Å². The summed E-state index contributed by atoms with van der Waals surface area (Å²) in [5.41, 5.74) is 5.27. The van der Waals surface area contributed by atoms with Gasteiger partial charge >= 0.3 is 0 Å². The Kier molecular flexibility index (Phi) is 2.75. The first-order valence-electron chi connectivity index (χ1n) is 8.14. The van der Waals surface area contributed by atoms with Gasteiger partial charge < -0.3 is 5.73 Å². The first kappa shape index (κ1) is 12.8. The van der Waals surface area contributed by atoms with Crippen LogP contribution in [0.1, 0.15) is 39.0 Å². The zero-order chi connectivity index (χ0) is 14.0. The van der Waals surface area contributed by atoms with Crippen molar-refractivity contribution < 1.29 is 9.59 Å². The van der Waals surface area contributed by atoms with Gasteiger partial charge in [-0.15, -0.1) is 0 Å². The fourth-order valence-corrected chi connectivity index (χ4v) is 5.87. The summed E-state index contributed by atoms with van der Waals surface area (Å²) in [7, 11) is 0. The van der Waals surface area contributed by atoms with Crippen LogP contribution in [-0.4, -0.2) is 35.2 Å². The number of amides is 1. The number of carbonyl (C=O) groups is 2. The molecule has 4 rings (SSSR count). The van der Waals surface area contributed by atoms with Gasteiger partial charge in [0.1, 0.15) is 0 Å². The highest BCUT2D eigenvalue weighted by molar-refractivity contribution is 5.89. The SMILES string of the molecule is C[C@@H]1C[C@@H]2[C@H]3C[C@@H]4CN([C@H]3C1)[C@H]2C(=O)[C@H]4CCC(N)=O. The summed E-state index contributed by atoms with van der Waals surface area (Å²) in [5, 5.41) is 0. The van der Waals surface area contributed by atoms with E-state index in [1.54, 1.807) is 0 Å². The zero-order valence-electron chi connectivity index (χ0n) is 12.1. The van der Waals surface area contributed by atoms with Crippen LogP contribution in [0, 0.1) is 29.6 Å². The van der Waals surface area contributed by atoms with Crippen LogP contribution in [0.15, 0.2) is 0 Å². The molecule has 1 unspecified atom stereocenters. The van der Waals surface area contributed by atoms with E-state index in [9.17, 15) is 9.59 Å². The smallest absolute Gasteiger partial charge is 0.217 e. The van der Waals surface area contributed by atoms with Crippen molar-refractivity contribution in [2.75, 3.05) is 6.54 Å². The molecule has 4 fully saturated rings. The van der Waals surface area contributed by atoms with E-state index in [2.05, 4.69) is 11.8 Å². The first-order chi connectivity index (χ1) is 9.56. The molecule has 1 aliphatic carbocycles. The average Bonchev–Trinajstić information content (AvgIpc) is 2.55. The highest BCUT2D eigenvalue weighted by Crippen LogP contribution is 2.57. The molecule has 4 aliphatic rings. The molecule has 110 valence electrons. The molecule has 4 nitrogen and oxygen atoms in total. The van der Waals surface area contributed by atoms with Gasteiger partial charge in [0.05, 0.1) is 6.04 Å². The Morgan fingerprint density at radius 1 is 1.30 bits per heavy atom. The molecular formula is C16H24N2O2. The van der Waals surface area contributed by atoms with Crippen LogP contribution in [0.2, 0.25) is 0 Å². The van der Waals surface area contributed by atoms with Crippen molar-refractivity contribution >= 4 is 11.7 Å². The quantitative estimate of drug-likeness (QED) is 0.842. The van der Waals surface area contributed by atoms with Crippen molar-refractivity contribution in [1.29, 1.82) is 0 Å². The molecule has 4 heteroatoms. The number of piperidine rings is 2. The number of nitrogens with zero attached hydrogens (tertiary/aromatic N) is 1. The van der Waals surface area contributed by atoms with Gasteiger partial charge in [0, 0.05) is 24.9 Å². The van der Waals surface area contributed by atoms with Crippen LogP contribution < -0.4 is 5.73 Å². The largest absolute Gasteiger partial charge is 0.370 e. The van der Waals surface area contributed by atoms with Gasteiger partial charge in [-0.25, -0.2) is 0 Å². The molecule has 0 aromatic carbocycles. The van der Waals surface area contributed by atoms with Crippen molar-refractivity contribution in [2.24, 2.45) is 35.3 Å². The lowest BCUT2D eigenvalue weighted by atomic mass is 9.70. The van der Waals surface area contributed by atoms with Crippen molar-refractivity contribution in [3.05, 3.63) is 0 Å². The van der Waals surface area contributed by atoms with Crippen LogP contribution in [-0.2, 0) is 9.59 Å². The zero-order valence-corrected chi connectivity index (χ0v) is 12.1. The minimum atomic E-state index is -0.268. The van der Waals surface area contributed by atoms with E-state index < -0.39 is 0 Å². The fraction of sp³-hybridized carbons (Fsp3) is 0.875. The van der Waals surface area contributed by atoms with Gasteiger partial charge in [-0.2, -0.15) is 0 Å². The summed E-state index contributed by atoms with van der Waals surface area (Å²) < 4.78 is 0. The number of ketones is 1. The van der Waals surface area contributed by atoms with Crippen LogP contribution >= 0.6 is 0 Å². The molecule has 0 aromatic rings. The lowest BCUT2D eigenvalue weighted by molar-refractivity contribution is -0.136. The maximum Gasteiger partial charge on any atom is 0.217 e. The third-order valence-corrected chi connectivity index (χ3v) is 6.50. The summed E-state index contributed by atoms with van der Waals surface area (Å²) in [5.74, 6) is 2.86. The van der Waals surface area contributed by atoms with Gasteiger partial charge in [-0.1, -0.05) is 6.92 Å². The van der Waals surface area contributed by atoms with E-state index in [-0.39, 0.29) is 17.9 Å². The lowest BCUT2D eigenvalue weighted by Crippen LogP contribution is -2.56. The Morgan fingerprint density at radius 3 is 2.85 bits per heavy atom. The highest BCUT2D eigenvalue weighted by atomic mass is 16.1. The topological polar surface area (TPSA) is 63.4 Å². The normalized spacial score (nSPS) is 52.4. The molecule has 0 spiro atoms. The summed E-state index contributed by atoms with van der Waals surface area (Å²) in [6, 6.07) is 0.845. The Balaban J connectivity index is 1.61. The monoisotopic (exact) mass is 276 g/mol. The summed E-state index contributed by atoms with van der Waals surface area (Å²) in [6.45, 7) is 3.42. The maximum absolute atomic E-state index is 12.9. The van der Waals surface area contributed by atoms with E-state index in [4.69, 9.17) is 5.73 Å². The molecule has 20 heavy (non-hydrogen) atoms. The Labute approximate surface area is 120 Å². The Morgan fingerprint density at radius 2 is 2.10 bits per heavy atom. The predicted molar refractivity (Wildman–Crippen MR) is 74.7 cm³/mol. The number of fused-ring (bicyclic) bond motifs is 2. The number of carbonyl (C=O) groups excluding carboxylic acids is 2. The minimum absolute atomic E-state index is 0.102. The van der Waals surface area contributed by atoms with E-state index in [1.165, 1.54) is 19.3 Å². The Bertz CT molecular complexity index is 463. The number of primary amides is 1. The number of rotatable bonds is 3. The highest BCUT2D eigenvalue weighted by Gasteiger charge is 2.62. The number of nitrogens with two attached hydrogens (primary N) is 1. The third-order valence-electron chi connectivity index (χ3n) is 6.50. The second-order valence-electron chi connectivity index (χ2n) is 7.62. The van der Waals surface area contributed by atoms with E-state index >= 15 is 0 Å². The summed E-state index contributed by atoms with van der Waals surface area (Å²) in [4.78, 5) is 26.5. The number of Topliss-reactive ketones (excluding diaryl/α,β-unsaturated/α-hetero) is 1. The number of hydrogen-bond acceptors (Lipinski definition) is 3. The third kappa shape index (κ3) is 1.63. The van der Waals surface area contributed by atoms with Gasteiger partial charge in [-0.05, 0) is 49.4 Å². The number of hydrogen-bond donors (Lipinski definition) is 1. The average molecular weight is 276 g/mol. The molecule has 3 aliphatic heterocycles. The molecule has 0 radical (unpaired) electrons. The van der Waals surface area contributed by atoms with Crippen LogP contribution in [0.25, 0.3) is 0 Å². The molecule has 3 heterocycles. The van der Waals surface area contributed by atoms with E-state index in [0.717, 1.165) is 18.4 Å². The molecular weight excluding hydrogens is 252 g/mol. The second kappa shape index (κ2) is 4.30. The van der Waals surface area contributed by atoms with Crippen molar-refractivity contribution in [3.63, 3.8) is 0 Å². The lowest BCUT2D eigenvalue weighted by Gasteiger charge is -2.46. The van der Waals surface area contributed by atoms with Crippen LogP contribution in [0.4, 0.5) is 0 Å². The van der Waals surface area contributed by atoms with Crippen LogP contribution in [0.5, 0.6) is 0 Å². The Hall–Kier alpha value is -0.900. The molecule has 0 aromatic heterocycles. The van der Waals surface area contributed by atoms with Gasteiger partial charge in [0.2, 0.25) is 5.91 Å². The molecule has 1 saturated carbocycles. The maximum atomic E-state index is 12.9. The fourth-order valence-electron chi connectivity index (χ4n) is 5.87. The van der Waals surface area contributed by atoms with Gasteiger partial charge in [0.25, 0.3) is 0 Å². The van der Waals surface area contributed by atoms with Crippen molar-refractivity contribution in [3.8, 4) is 0 Å². The van der Waals surface area contributed by atoms with Gasteiger partial charge in [0.15, 0.2) is 5.78 Å². The first-order valence-corrected chi connectivity index (χ1v) is 8.14. The van der Waals surface area contributed by atoms with E-state index in [1.807, 2.05) is 0 Å². The minimum Gasteiger partial charge on any atom is -0.370 e. The van der Waals surface area contributed by atoms with Crippen LogP contribution in [0.3, 0.4) is 0 Å². The summed E-state index contributed by atoms with van der Waals surface area (Å²) >= 11 is 0. The molecule has 5 bridgehead atoms. The molecule has 3 saturated heterocycles.